The summed E-state index contributed by atoms with van der Waals surface area (Å²) in [5.74, 6) is 4.06. The number of carbonyl (C=O) groups excluding carboxylic acids is 1. The van der Waals surface area contributed by atoms with Crippen molar-refractivity contribution in [1.29, 1.82) is 5.26 Å². The maximum Gasteiger partial charge on any atom is 0.256 e. The average molecular weight is 592 g/mol. The molecule has 3 aliphatic heterocycles. The second kappa shape index (κ2) is 10.5. The van der Waals surface area contributed by atoms with Gasteiger partial charge in [0.1, 0.15) is 17.6 Å². The first-order valence-electron chi connectivity index (χ1n) is 15.2. The predicted molar refractivity (Wildman–Crippen MR) is 160 cm³/mol. The van der Waals surface area contributed by atoms with Crippen LogP contribution in [0.1, 0.15) is 35.2 Å². The monoisotopic (exact) mass is 591 g/mol. The van der Waals surface area contributed by atoms with Gasteiger partial charge in [0.25, 0.3) is 5.91 Å². The first-order valence-corrected chi connectivity index (χ1v) is 15.2. The molecule has 5 aliphatic rings. The number of nitriles is 1. The summed E-state index contributed by atoms with van der Waals surface area (Å²) in [6.45, 7) is 2.12. The minimum absolute atomic E-state index is 0.00801. The van der Waals surface area contributed by atoms with E-state index in [0.29, 0.717) is 47.5 Å². The van der Waals surface area contributed by atoms with Crippen LogP contribution in [-0.4, -0.2) is 82.5 Å². The molecule has 2 aliphatic carbocycles. The molecule has 9 rings (SSSR count). The van der Waals surface area contributed by atoms with E-state index in [1.165, 1.54) is 0 Å². The van der Waals surface area contributed by atoms with Crippen molar-refractivity contribution in [3.63, 3.8) is 0 Å². The quantitative estimate of drug-likeness (QED) is 0.301. The number of methoxy groups -OCH3 is 2. The van der Waals surface area contributed by atoms with Crippen LogP contribution < -0.4 is 14.4 Å². The molecular formula is C33H33N7O4. The summed E-state index contributed by atoms with van der Waals surface area (Å²) >= 11 is 0. The van der Waals surface area contributed by atoms with E-state index in [-0.39, 0.29) is 18.0 Å². The van der Waals surface area contributed by atoms with Gasteiger partial charge >= 0.3 is 0 Å². The van der Waals surface area contributed by atoms with E-state index < -0.39 is 0 Å². The van der Waals surface area contributed by atoms with E-state index in [0.717, 1.165) is 60.6 Å². The molecule has 5 fully saturated rings. The van der Waals surface area contributed by atoms with Gasteiger partial charge in [0, 0.05) is 49.8 Å². The second-order valence-electron chi connectivity index (χ2n) is 12.3. The minimum atomic E-state index is 0.00801. The number of ether oxygens (including phenoxy) is 3. The standard InChI is InChI=1S/C33H33N7O4/c1-42-24-8-27-28(9-24)29(27)18-44-25-10-26(32-21(11-34)14-37-39(32)17-25)19-3-5-30(35-12-19)38-15-22-7-23(16-38)40(22)33(41)20-4-6-31(43-2)36-13-20/h3-6,10,12-14,17,22-24,27-29H,7-9,15-16,18H2,1-2H3. The lowest BCUT2D eigenvalue weighted by Crippen LogP contribution is -2.70. The normalized spacial score (nSPS) is 26.6. The molecule has 224 valence electrons. The lowest BCUT2D eigenvalue weighted by Gasteiger charge is -2.56. The predicted octanol–water partition coefficient (Wildman–Crippen LogP) is 3.82. The van der Waals surface area contributed by atoms with Crippen LogP contribution in [-0.2, 0) is 4.74 Å². The van der Waals surface area contributed by atoms with Gasteiger partial charge in [0.2, 0.25) is 5.88 Å². The summed E-state index contributed by atoms with van der Waals surface area (Å²) in [7, 11) is 3.36. The molecule has 11 heteroatoms. The number of hydrogen-bond acceptors (Lipinski definition) is 9. The number of hydrogen-bond donors (Lipinski definition) is 0. The van der Waals surface area contributed by atoms with Crippen LogP contribution in [0.25, 0.3) is 16.6 Å². The Balaban J connectivity index is 0.977. The van der Waals surface area contributed by atoms with Gasteiger partial charge in [-0.1, -0.05) is 0 Å². The van der Waals surface area contributed by atoms with Crippen molar-refractivity contribution in [3.05, 3.63) is 66.2 Å². The van der Waals surface area contributed by atoms with Gasteiger partial charge < -0.3 is 24.0 Å². The largest absolute Gasteiger partial charge is 0.492 e. The molecule has 4 aromatic heterocycles. The summed E-state index contributed by atoms with van der Waals surface area (Å²) in [6.07, 6.45) is 10.5. The second-order valence-corrected chi connectivity index (χ2v) is 12.3. The van der Waals surface area contributed by atoms with Crippen molar-refractivity contribution in [3.8, 4) is 28.8 Å². The average Bonchev–Trinajstić information content (AvgIpc) is 3.35. The van der Waals surface area contributed by atoms with Crippen LogP contribution >= 0.6 is 0 Å². The van der Waals surface area contributed by atoms with E-state index >= 15 is 0 Å². The van der Waals surface area contributed by atoms with Crippen LogP contribution in [0.2, 0.25) is 0 Å². The molecule has 1 amide bonds. The molecule has 2 bridgehead atoms. The first-order chi connectivity index (χ1) is 21.5. The van der Waals surface area contributed by atoms with E-state index in [1.807, 2.05) is 35.5 Å². The zero-order valence-corrected chi connectivity index (χ0v) is 24.7. The lowest BCUT2D eigenvalue weighted by atomic mass is 9.86. The molecule has 11 nitrogen and oxygen atoms in total. The molecule has 4 atom stereocenters. The fourth-order valence-corrected chi connectivity index (χ4v) is 7.67. The van der Waals surface area contributed by atoms with Crippen LogP contribution in [0, 0.1) is 29.1 Å². The summed E-state index contributed by atoms with van der Waals surface area (Å²) < 4.78 is 18.7. The van der Waals surface area contributed by atoms with Gasteiger partial charge in [-0.25, -0.2) is 14.5 Å². The Kier molecular flexibility index (Phi) is 6.41. The van der Waals surface area contributed by atoms with Crippen molar-refractivity contribution >= 4 is 17.2 Å². The number of pyridine rings is 3. The zero-order valence-electron chi connectivity index (χ0n) is 24.7. The van der Waals surface area contributed by atoms with E-state index in [1.54, 1.807) is 43.3 Å². The zero-order chi connectivity index (χ0) is 29.9. The van der Waals surface area contributed by atoms with Crippen LogP contribution in [0.4, 0.5) is 5.82 Å². The molecule has 3 saturated heterocycles. The van der Waals surface area contributed by atoms with Gasteiger partial charge in [0.15, 0.2) is 0 Å². The third-order valence-corrected chi connectivity index (χ3v) is 10.1. The van der Waals surface area contributed by atoms with Crippen LogP contribution in [0.15, 0.2) is 55.1 Å². The van der Waals surface area contributed by atoms with Crippen LogP contribution in [0.5, 0.6) is 11.6 Å². The third-order valence-electron chi connectivity index (χ3n) is 10.1. The van der Waals surface area contributed by atoms with E-state index in [4.69, 9.17) is 19.2 Å². The maximum atomic E-state index is 13.2. The van der Waals surface area contributed by atoms with Gasteiger partial charge in [-0.2, -0.15) is 10.4 Å². The molecule has 0 aromatic carbocycles. The van der Waals surface area contributed by atoms with E-state index in [2.05, 4.69) is 21.1 Å². The van der Waals surface area contributed by atoms with Crippen molar-refractivity contribution in [2.45, 2.75) is 37.5 Å². The van der Waals surface area contributed by atoms with Crippen molar-refractivity contribution in [1.82, 2.24) is 24.5 Å². The number of rotatable bonds is 8. The highest BCUT2D eigenvalue weighted by Gasteiger charge is 2.56. The Morgan fingerprint density at radius 1 is 1.02 bits per heavy atom. The van der Waals surface area contributed by atoms with Gasteiger partial charge in [-0.05, 0) is 61.3 Å². The Morgan fingerprint density at radius 3 is 2.50 bits per heavy atom. The summed E-state index contributed by atoms with van der Waals surface area (Å²) in [4.78, 5) is 26.4. The molecule has 4 aromatic rings. The molecule has 0 radical (unpaired) electrons. The molecule has 44 heavy (non-hydrogen) atoms. The fraction of sp³-hybridized carbons (Fsp3) is 0.424. The highest BCUT2D eigenvalue weighted by atomic mass is 16.5. The smallest absolute Gasteiger partial charge is 0.256 e. The maximum absolute atomic E-state index is 13.2. The summed E-state index contributed by atoms with van der Waals surface area (Å²) in [5, 5.41) is 14.2. The molecule has 0 N–H and O–H groups in total. The van der Waals surface area contributed by atoms with Crippen molar-refractivity contribution in [2.75, 3.05) is 38.8 Å². The highest BCUT2D eigenvalue weighted by Crippen LogP contribution is 2.58. The highest BCUT2D eigenvalue weighted by molar-refractivity contribution is 5.95. The Morgan fingerprint density at radius 2 is 1.84 bits per heavy atom. The number of anilines is 1. The molecule has 7 heterocycles. The SMILES string of the molecule is COc1ccc(C(=O)N2C3CC2CN(c2ccc(-c4cc(OCC5C6CC(OC)CC56)cn5ncc(C#N)c45)cn2)C3)cn1. The summed E-state index contributed by atoms with van der Waals surface area (Å²) in [6, 6.07) is 12.1. The Hall–Kier alpha value is -4.69. The lowest BCUT2D eigenvalue weighted by molar-refractivity contribution is 0.00572. The van der Waals surface area contributed by atoms with Crippen molar-refractivity contribution in [2.24, 2.45) is 17.8 Å². The molecule has 4 unspecified atom stereocenters. The van der Waals surface area contributed by atoms with Crippen LogP contribution in [0.3, 0.4) is 0 Å². The topological polar surface area (TPSA) is 118 Å². The van der Waals surface area contributed by atoms with Gasteiger partial charge in [0.05, 0.1) is 60.9 Å². The van der Waals surface area contributed by atoms with Gasteiger partial charge in [-0.15, -0.1) is 0 Å². The Bertz CT molecular complexity index is 1740. The van der Waals surface area contributed by atoms with Gasteiger partial charge in [-0.3, -0.25) is 4.79 Å². The number of nitrogens with zero attached hydrogens (tertiary/aromatic N) is 7. The Labute approximate surface area is 255 Å². The number of piperidine rings is 1. The molecule has 0 spiro atoms. The number of aromatic nitrogens is 4. The summed E-state index contributed by atoms with van der Waals surface area (Å²) in [5.41, 5.74) is 3.56. The first kappa shape index (κ1) is 26.9. The van der Waals surface area contributed by atoms with Crippen molar-refractivity contribution < 1.29 is 19.0 Å². The number of amides is 1. The fourth-order valence-electron chi connectivity index (χ4n) is 7.67. The number of piperazine rings is 1. The number of carbonyl (C=O) groups is 1. The number of fused-ring (bicyclic) bond motifs is 4. The third kappa shape index (κ3) is 4.44. The molecular weight excluding hydrogens is 558 g/mol. The van der Waals surface area contributed by atoms with E-state index in [9.17, 15) is 10.1 Å². The minimum Gasteiger partial charge on any atom is -0.492 e. The molecule has 2 saturated carbocycles.